The summed E-state index contributed by atoms with van der Waals surface area (Å²) in [7, 11) is 0. The van der Waals surface area contributed by atoms with Crippen molar-refractivity contribution >= 4 is 28.6 Å². The van der Waals surface area contributed by atoms with Crippen molar-refractivity contribution in [2.75, 3.05) is 11.5 Å². The Morgan fingerprint density at radius 3 is 2.90 bits per heavy atom. The normalized spacial score (nSPS) is 12.6. The molecular weight excluding hydrogens is 284 g/mol. The molecule has 0 fully saturated rings. The van der Waals surface area contributed by atoms with Gasteiger partial charge in [-0.05, 0) is 48.8 Å². The van der Waals surface area contributed by atoms with Gasteiger partial charge in [0.2, 0.25) is 0 Å². The van der Waals surface area contributed by atoms with E-state index in [1.807, 2.05) is 6.07 Å². The highest BCUT2D eigenvalue weighted by Gasteiger charge is 2.10. The summed E-state index contributed by atoms with van der Waals surface area (Å²) in [5.41, 5.74) is 8.03. The monoisotopic (exact) mass is 306 g/mol. The van der Waals surface area contributed by atoms with Gasteiger partial charge in [0.05, 0.1) is 0 Å². The number of benzene rings is 1. The number of hydrogen-bond acceptors (Lipinski definition) is 3. The number of thioether (sulfide) groups is 1. The third kappa shape index (κ3) is 4.79. The molecule has 1 aromatic carbocycles. The van der Waals surface area contributed by atoms with Gasteiger partial charge in [0.15, 0.2) is 0 Å². The molecule has 0 amide bonds. The number of hydrogen-bond donors (Lipinski definition) is 3. The minimum absolute atomic E-state index is 0.544. The first kappa shape index (κ1) is 15.9. The van der Waals surface area contributed by atoms with Crippen molar-refractivity contribution in [2.45, 2.75) is 31.7 Å². The van der Waals surface area contributed by atoms with Gasteiger partial charge in [-0.1, -0.05) is 18.2 Å². The maximum absolute atomic E-state index is 10.6. The summed E-state index contributed by atoms with van der Waals surface area (Å²) in [6.45, 7) is 0. The molecule has 0 unspecified atom stereocenters. The zero-order valence-corrected chi connectivity index (χ0v) is 12.9. The Balaban J connectivity index is 1.61. The Morgan fingerprint density at radius 2 is 2.10 bits per heavy atom. The fourth-order valence-electron chi connectivity index (χ4n) is 2.29. The van der Waals surface area contributed by atoms with Crippen molar-refractivity contribution in [1.82, 2.24) is 4.98 Å². The predicted octanol–water partition coefficient (Wildman–Crippen LogP) is 3.03. The molecule has 0 radical (unpaired) electrons. The zero-order chi connectivity index (χ0) is 15.1. The van der Waals surface area contributed by atoms with Gasteiger partial charge < -0.3 is 15.8 Å². The molecule has 0 saturated carbocycles. The van der Waals surface area contributed by atoms with E-state index in [0.717, 1.165) is 30.8 Å². The van der Waals surface area contributed by atoms with Crippen LogP contribution in [0.5, 0.6) is 0 Å². The van der Waals surface area contributed by atoms with E-state index < -0.39 is 12.0 Å². The predicted molar refractivity (Wildman–Crippen MR) is 88.8 cm³/mol. The second-order valence-electron chi connectivity index (χ2n) is 5.16. The van der Waals surface area contributed by atoms with Gasteiger partial charge in [-0.2, -0.15) is 11.8 Å². The zero-order valence-electron chi connectivity index (χ0n) is 12.0. The van der Waals surface area contributed by atoms with Gasteiger partial charge in [-0.3, -0.25) is 4.79 Å². The van der Waals surface area contributed by atoms with E-state index in [1.165, 1.54) is 16.5 Å². The molecular formula is C16H22N2O2S. The van der Waals surface area contributed by atoms with E-state index in [0.29, 0.717) is 6.42 Å². The van der Waals surface area contributed by atoms with Crippen molar-refractivity contribution in [2.24, 2.45) is 5.73 Å². The third-order valence-electron chi connectivity index (χ3n) is 3.55. The molecule has 1 heterocycles. The summed E-state index contributed by atoms with van der Waals surface area (Å²) in [5.74, 6) is 0.977. The number of nitrogens with two attached hydrogens (primary N) is 1. The van der Waals surface area contributed by atoms with Crippen LogP contribution in [0.15, 0.2) is 30.5 Å². The van der Waals surface area contributed by atoms with E-state index in [1.54, 1.807) is 11.8 Å². The van der Waals surface area contributed by atoms with E-state index in [9.17, 15) is 4.79 Å². The number of H-pyrrole nitrogens is 1. The summed E-state index contributed by atoms with van der Waals surface area (Å²) < 4.78 is 0. The highest BCUT2D eigenvalue weighted by molar-refractivity contribution is 7.99. The number of unbranched alkanes of at least 4 members (excludes halogenated alkanes) is 1. The van der Waals surface area contributed by atoms with Crippen LogP contribution in [-0.2, 0) is 11.2 Å². The third-order valence-corrected chi connectivity index (χ3v) is 4.65. The number of para-hydroxylation sites is 1. The minimum Gasteiger partial charge on any atom is -0.480 e. The lowest BCUT2D eigenvalue weighted by Crippen LogP contribution is -2.30. The molecule has 21 heavy (non-hydrogen) atoms. The lowest BCUT2D eigenvalue weighted by atomic mass is 10.1. The van der Waals surface area contributed by atoms with Crippen molar-refractivity contribution in [1.29, 1.82) is 0 Å². The molecule has 2 aromatic rings. The van der Waals surface area contributed by atoms with Crippen LogP contribution in [0, 0.1) is 0 Å². The summed E-state index contributed by atoms with van der Waals surface area (Å²) in [4.78, 5) is 13.9. The van der Waals surface area contributed by atoms with E-state index in [2.05, 4.69) is 29.4 Å². The van der Waals surface area contributed by atoms with Crippen LogP contribution < -0.4 is 5.73 Å². The average Bonchev–Trinajstić information content (AvgIpc) is 2.89. The Bertz CT molecular complexity index is 582. The minimum atomic E-state index is -0.907. The molecule has 0 spiro atoms. The van der Waals surface area contributed by atoms with Gasteiger partial charge in [0.1, 0.15) is 6.04 Å². The second kappa shape index (κ2) is 8.10. The summed E-state index contributed by atoms with van der Waals surface area (Å²) in [6, 6.07) is 7.65. The molecule has 2 rings (SSSR count). The fourth-order valence-corrected chi connectivity index (χ4v) is 3.33. The Labute approximate surface area is 129 Å². The Hall–Kier alpha value is -1.46. The number of rotatable bonds is 9. The van der Waals surface area contributed by atoms with Crippen molar-refractivity contribution < 1.29 is 9.90 Å². The van der Waals surface area contributed by atoms with Crippen molar-refractivity contribution in [3.63, 3.8) is 0 Å². The molecule has 1 atom stereocenters. The number of aromatic nitrogens is 1. The van der Waals surface area contributed by atoms with Gasteiger partial charge in [-0.15, -0.1) is 0 Å². The SMILES string of the molecule is N[C@@H](CCSCCCCc1c[nH]c2ccccc12)C(=O)O. The van der Waals surface area contributed by atoms with Crippen LogP contribution >= 0.6 is 11.8 Å². The molecule has 4 nitrogen and oxygen atoms in total. The first-order valence-electron chi connectivity index (χ1n) is 7.29. The van der Waals surface area contributed by atoms with Crippen molar-refractivity contribution in [3.8, 4) is 0 Å². The summed E-state index contributed by atoms with van der Waals surface area (Å²) in [6.07, 6.45) is 6.03. The molecule has 4 N–H and O–H groups in total. The lowest BCUT2D eigenvalue weighted by Gasteiger charge is -2.05. The lowest BCUT2D eigenvalue weighted by molar-refractivity contribution is -0.138. The number of carboxylic acids is 1. The van der Waals surface area contributed by atoms with Crippen LogP contribution in [0.25, 0.3) is 10.9 Å². The Kier molecular flexibility index (Phi) is 6.14. The molecule has 1 aromatic heterocycles. The average molecular weight is 306 g/mol. The molecule has 114 valence electrons. The number of aliphatic carboxylic acids is 1. The second-order valence-corrected chi connectivity index (χ2v) is 6.39. The van der Waals surface area contributed by atoms with Crippen LogP contribution in [0.2, 0.25) is 0 Å². The maximum atomic E-state index is 10.6. The van der Waals surface area contributed by atoms with E-state index in [4.69, 9.17) is 10.8 Å². The summed E-state index contributed by atoms with van der Waals surface area (Å²) in [5, 5.41) is 9.99. The molecule has 0 bridgehead atoms. The van der Waals surface area contributed by atoms with Gasteiger partial charge >= 0.3 is 5.97 Å². The number of nitrogens with one attached hydrogen (secondary N) is 1. The van der Waals surface area contributed by atoms with Crippen LogP contribution in [0.3, 0.4) is 0 Å². The maximum Gasteiger partial charge on any atom is 0.320 e. The molecule has 0 saturated heterocycles. The molecule has 0 aliphatic carbocycles. The van der Waals surface area contributed by atoms with Crippen LogP contribution in [0.4, 0.5) is 0 Å². The number of fused-ring (bicyclic) bond motifs is 1. The number of carbonyl (C=O) groups is 1. The van der Waals surface area contributed by atoms with Gasteiger partial charge in [-0.25, -0.2) is 0 Å². The quantitative estimate of drug-likeness (QED) is 0.622. The van der Waals surface area contributed by atoms with Crippen molar-refractivity contribution in [3.05, 3.63) is 36.0 Å². The highest BCUT2D eigenvalue weighted by Crippen LogP contribution is 2.20. The van der Waals surface area contributed by atoms with Crippen LogP contribution in [-0.4, -0.2) is 33.6 Å². The summed E-state index contributed by atoms with van der Waals surface area (Å²) >= 11 is 1.79. The number of carboxylic acid groups (broad SMARTS) is 1. The highest BCUT2D eigenvalue weighted by atomic mass is 32.2. The number of aryl methyl sites for hydroxylation is 1. The largest absolute Gasteiger partial charge is 0.480 e. The Morgan fingerprint density at radius 1 is 1.29 bits per heavy atom. The van der Waals surface area contributed by atoms with E-state index in [-0.39, 0.29) is 0 Å². The van der Waals surface area contributed by atoms with Gasteiger partial charge in [0, 0.05) is 17.1 Å². The number of aromatic amines is 1. The topological polar surface area (TPSA) is 79.1 Å². The first-order chi connectivity index (χ1) is 10.2. The molecule has 0 aliphatic rings. The molecule has 5 heteroatoms. The standard InChI is InChI=1S/C16H22N2O2S/c17-14(16(19)20)8-10-21-9-4-3-5-12-11-18-15-7-2-1-6-13(12)15/h1-2,6-7,11,14,18H,3-5,8-10,17H2,(H,19,20)/t14-/m0/s1. The van der Waals surface area contributed by atoms with E-state index >= 15 is 0 Å². The molecule has 0 aliphatic heterocycles. The smallest absolute Gasteiger partial charge is 0.320 e. The fraction of sp³-hybridized carbons (Fsp3) is 0.438. The van der Waals surface area contributed by atoms with Gasteiger partial charge in [0.25, 0.3) is 0 Å². The first-order valence-corrected chi connectivity index (χ1v) is 8.45. The van der Waals surface area contributed by atoms with Crippen LogP contribution in [0.1, 0.15) is 24.8 Å².